The summed E-state index contributed by atoms with van der Waals surface area (Å²) in [4.78, 5) is 13.9. The average Bonchev–Trinajstić information content (AvgIpc) is 3.12. The summed E-state index contributed by atoms with van der Waals surface area (Å²) in [6, 6.07) is 6.67. The van der Waals surface area contributed by atoms with Crippen LogP contribution < -0.4 is 10.2 Å². The van der Waals surface area contributed by atoms with E-state index >= 15 is 0 Å². The van der Waals surface area contributed by atoms with Crippen molar-refractivity contribution < 1.29 is 14.1 Å². The summed E-state index contributed by atoms with van der Waals surface area (Å²) in [5.41, 5.74) is 0.793. The number of benzene rings is 1. The van der Waals surface area contributed by atoms with Gasteiger partial charge >= 0.3 is 0 Å². The molecule has 29 heavy (non-hydrogen) atoms. The Kier molecular flexibility index (Phi) is 7.29. The van der Waals surface area contributed by atoms with Crippen LogP contribution in [0.4, 0.5) is 4.39 Å². The molecule has 1 aliphatic rings. The molecule has 1 heterocycles. The van der Waals surface area contributed by atoms with E-state index in [1.54, 1.807) is 12.1 Å². The van der Waals surface area contributed by atoms with E-state index in [4.69, 9.17) is 0 Å². The summed E-state index contributed by atoms with van der Waals surface area (Å²) < 4.78 is 15.4. The van der Waals surface area contributed by atoms with Gasteiger partial charge in [-0.1, -0.05) is 31.0 Å². The number of nitrogens with one attached hydrogen (secondary N) is 2. The van der Waals surface area contributed by atoms with E-state index in [0.29, 0.717) is 5.16 Å². The Hall–Kier alpha value is -1.93. The van der Waals surface area contributed by atoms with Crippen molar-refractivity contribution in [3.05, 3.63) is 35.9 Å². The molecule has 0 saturated heterocycles. The van der Waals surface area contributed by atoms with Gasteiger partial charge in [0.1, 0.15) is 11.9 Å². The van der Waals surface area contributed by atoms with Gasteiger partial charge < -0.3 is 10.2 Å². The number of quaternary nitrogens is 1. The number of thioether (sulfide) groups is 1. The Morgan fingerprint density at radius 1 is 1.17 bits per heavy atom. The lowest BCUT2D eigenvalue weighted by Gasteiger charge is -2.24. The standard InChI is InChI=1S/C21H30FN5OS/c1-14(26(3)4)19-24-25-21(27(19)18-12-10-16(22)11-13-18)29-15(2)20(28)23-17-8-6-5-7-9-17/h10-15,17H,5-9H2,1-4H3,(H,23,28)/p+1/t14-,15+/m0/s1. The van der Waals surface area contributed by atoms with E-state index < -0.39 is 0 Å². The minimum atomic E-state index is -0.296. The molecule has 2 aromatic rings. The number of halogens is 1. The summed E-state index contributed by atoms with van der Waals surface area (Å²) in [5.74, 6) is 0.534. The first-order valence-corrected chi connectivity index (χ1v) is 11.2. The molecule has 3 rings (SSSR count). The third-order valence-electron chi connectivity index (χ3n) is 5.60. The monoisotopic (exact) mass is 420 g/mol. The zero-order valence-electron chi connectivity index (χ0n) is 17.6. The number of carbonyl (C=O) groups is 1. The molecule has 8 heteroatoms. The summed E-state index contributed by atoms with van der Waals surface area (Å²) in [6.45, 7) is 3.97. The maximum atomic E-state index is 13.5. The molecule has 1 saturated carbocycles. The van der Waals surface area contributed by atoms with E-state index in [-0.39, 0.29) is 29.1 Å². The molecule has 158 valence electrons. The van der Waals surface area contributed by atoms with Crippen molar-refractivity contribution in [2.75, 3.05) is 14.1 Å². The Morgan fingerprint density at radius 2 is 1.83 bits per heavy atom. The summed E-state index contributed by atoms with van der Waals surface area (Å²) in [6.07, 6.45) is 5.73. The van der Waals surface area contributed by atoms with Crippen molar-refractivity contribution in [1.29, 1.82) is 0 Å². The third kappa shape index (κ3) is 5.36. The van der Waals surface area contributed by atoms with Gasteiger partial charge in [0, 0.05) is 11.7 Å². The van der Waals surface area contributed by atoms with E-state index in [0.717, 1.165) is 24.4 Å². The van der Waals surface area contributed by atoms with Gasteiger partial charge in [0.15, 0.2) is 11.0 Å². The largest absolute Gasteiger partial charge is 0.352 e. The highest BCUT2D eigenvalue weighted by molar-refractivity contribution is 8.00. The Bertz CT molecular complexity index is 817. The van der Waals surface area contributed by atoms with E-state index in [2.05, 4.69) is 36.5 Å². The van der Waals surface area contributed by atoms with Crippen LogP contribution in [0.2, 0.25) is 0 Å². The molecule has 1 aromatic heterocycles. The van der Waals surface area contributed by atoms with Crippen molar-refractivity contribution in [3.63, 3.8) is 0 Å². The van der Waals surface area contributed by atoms with Gasteiger partial charge in [0.2, 0.25) is 5.91 Å². The van der Waals surface area contributed by atoms with Crippen LogP contribution in [0, 0.1) is 5.82 Å². The maximum Gasteiger partial charge on any atom is 0.233 e. The first kappa shape index (κ1) is 21.8. The molecule has 0 spiro atoms. The lowest BCUT2D eigenvalue weighted by Crippen LogP contribution is -3.05. The fourth-order valence-corrected chi connectivity index (χ4v) is 4.39. The van der Waals surface area contributed by atoms with Gasteiger partial charge in [-0.15, -0.1) is 10.2 Å². The molecular weight excluding hydrogens is 389 g/mol. The number of hydrogen-bond acceptors (Lipinski definition) is 4. The number of rotatable bonds is 7. The van der Waals surface area contributed by atoms with Crippen LogP contribution in [0.3, 0.4) is 0 Å². The molecule has 0 radical (unpaired) electrons. The fraction of sp³-hybridized carbons (Fsp3) is 0.571. The molecule has 0 unspecified atom stereocenters. The number of hydrogen-bond donors (Lipinski definition) is 2. The SMILES string of the molecule is C[C@@H](Sc1nnc([C@H](C)[NH+](C)C)n1-c1ccc(F)cc1)C(=O)NC1CCCCC1. The lowest BCUT2D eigenvalue weighted by molar-refractivity contribution is -0.890. The Labute approximate surface area is 176 Å². The predicted octanol–water partition coefficient (Wildman–Crippen LogP) is 2.54. The summed E-state index contributed by atoms with van der Waals surface area (Å²) in [5, 5.41) is 12.3. The Balaban J connectivity index is 1.82. The summed E-state index contributed by atoms with van der Waals surface area (Å²) >= 11 is 1.39. The second-order valence-electron chi connectivity index (χ2n) is 8.06. The fourth-order valence-electron chi connectivity index (χ4n) is 3.51. The first-order valence-electron chi connectivity index (χ1n) is 10.3. The molecule has 0 aliphatic heterocycles. The highest BCUT2D eigenvalue weighted by atomic mass is 32.2. The minimum Gasteiger partial charge on any atom is -0.352 e. The number of carbonyl (C=O) groups excluding carboxylic acids is 1. The molecule has 0 bridgehead atoms. The third-order valence-corrected chi connectivity index (χ3v) is 6.64. The van der Waals surface area contributed by atoms with Crippen molar-refractivity contribution in [1.82, 2.24) is 20.1 Å². The van der Waals surface area contributed by atoms with Crippen LogP contribution in [0.25, 0.3) is 5.69 Å². The normalized spacial score (nSPS) is 17.3. The van der Waals surface area contributed by atoms with Crippen molar-refractivity contribution in [2.45, 2.75) is 68.4 Å². The van der Waals surface area contributed by atoms with Crippen LogP contribution in [-0.4, -0.2) is 46.1 Å². The zero-order valence-corrected chi connectivity index (χ0v) is 18.4. The molecule has 2 atom stereocenters. The number of nitrogens with zero attached hydrogens (tertiary/aromatic N) is 3. The Morgan fingerprint density at radius 3 is 2.45 bits per heavy atom. The smallest absolute Gasteiger partial charge is 0.233 e. The van der Waals surface area contributed by atoms with Gasteiger partial charge in [-0.2, -0.15) is 0 Å². The zero-order chi connectivity index (χ0) is 21.0. The predicted molar refractivity (Wildman–Crippen MR) is 113 cm³/mol. The van der Waals surface area contributed by atoms with Gasteiger partial charge in [-0.25, -0.2) is 4.39 Å². The number of aromatic nitrogens is 3. The molecule has 1 aliphatic carbocycles. The lowest BCUT2D eigenvalue weighted by atomic mass is 9.95. The van der Waals surface area contributed by atoms with Crippen molar-refractivity contribution in [2.24, 2.45) is 0 Å². The van der Waals surface area contributed by atoms with Crippen molar-refractivity contribution >= 4 is 17.7 Å². The topological polar surface area (TPSA) is 64.2 Å². The molecule has 6 nitrogen and oxygen atoms in total. The second kappa shape index (κ2) is 9.71. The maximum absolute atomic E-state index is 13.5. The highest BCUT2D eigenvalue weighted by Gasteiger charge is 2.27. The molecular formula is C21H31FN5OS+. The quantitative estimate of drug-likeness (QED) is 0.676. The average molecular weight is 421 g/mol. The van der Waals surface area contributed by atoms with Gasteiger partial charge in [0.05, 0.1) is 19.3 Å². The van der Waals surface area contributed by atoms with Crippen LogP contribution >= 0.6 is 11.8 Å². The highest BCUT2D eigenvalue weighted by Crippen LogP contribution is 2.28. The van der Waals surface area contributed by atoms with Crippen LogP contribution in [-0.2, 0) is 4.79 Å². The molecule has 2 N–H and O–H groups in total. The van der Waals surface area contributed by atoms with Crippen LogP contribution in [0.1, 0.15) is 57.8 Å². The first-order chi connectivity index (χ1) is 13.9. The van der Waals surface area contributed by atoms with E-state index in [1.807, 2.05) is 11.5 Å². The van der Waals surface area contributed by atoms with Gasteiger partial charge in [-0.3, -0.25) is 9.36 Å². The molecule has 1 amide bonds. The van der Waals surface area contributed by atoms with Gasteiger partial charge in [-0.05, 0) is 51.0 Å². The molecule has 1 fully saturated rings. The molecule has 1 aromatic carbocycles. The second-order valence-corrected chi connectivity index (χ2v) is 9.36. The van der Waals surface area contributed by atoms with Gasteiger partial charge in [0.25, 0.3) is 0 Å². The number of amides is 1. The van der Waals surface area contributed by atoms with E-state index in [9.17, 15) is 9.18 Å². The van der Waals surface area contributed by atoms with Crippen LogP contribution in [0.15, 0.2) is 29.4 Å². The van der Waals surface area contributed by atoms with Crippen LogP contribution in [0.5, 0.6) is 0 Å². The van der Waals surface area contributed by atoms with E-state index in [1.165, 1.54) is 48.1 Å². The van der Waals surface area contributed by atoms with Crippen molar-refractivity contribution in [3.8, 4) is 5.69 Å². The minimum absolute atomic E-state index is 0.0309. The summed E-state index contributed by atoms with van der Waals surface area (Å²) in [7, 11) is 4.11.